The predicted octanol–water partition coefficient (Wildman–Crippen LogP) is 3.89. The Morgan fingerprint density at radius 1 is 1.14 bits per heavy atom. The molecule has 0 bridgehead atoms. The molecule has 0 aliphatic carbocycles. The molecule has 0 aliphatic rings. The number of para-hydroxylation sites is 1. The molecule has 1 aromatic heterocycles. The molecule has 2 aromatic carbocycles. The summed E-state index contributed by atoms with van der Waals surface area (Å²) in [5.41, 5.74) is 2.37. The molecule has 1 amide bonds. The third-order valence-corrected chi connectivity index (χ3v) is 4.71. The molecule has 150 valence electrons. The van der Waals surface area contributed by atoms with Crippen LogP contribution < -0.4 is 10.1 Å². The standard InChI is InChI=1S/C21H19FN2O4S/c1-14-6-8-15(9-7-14)23-19(25)10-20-24-16(13-29-20)11-28-21(26)12-27-18-5-3-2-4-17(18)22/h2-9,13H,10-12H2,1H3,(H,23,25). The fraction of sp³-hybridized carbons (Fsp3) is 0.190. The highest BCUT2D eigenvalue weighted by Gasteiger charge is 2.11. The van der Waals surface area contributed by atoms with Crippen LogP contribution in [0.3, 0.4) is 0 Å². The van der Waals surface area contributed by atoms with Gasteiger partial charge in [-0.25, -0.2) is 14.2 Å². The lowest BCUT2D eigenvalue weighted by atomic mass is 10.2. The summed E-state index contributed by atoms with van der Waals surface area (Å²) in [6.45, 7) is 1.52. The Hall–Kier alpha value is -3.26. The molecular weight excluding hydrogens is 395 g/mol. The number of benzene rings is 2. The van der Waals surface area contributed by atoms with Gasteiger partial charge in [-0.05, 0) is 31.2 Å². The van der Waals surface area contributed by atoms with Gasteiger partial charge in [-0.15, -0.1) is 11.3 Å². The number of carbonyl (C=O) groups is 2. The summed E-state index contributed by atoms with van der Waals surface area (Å²) in [5, 5.41) is 5.14. The number of nitrogens with one attached hydrogen (secondary N) is 1. The maximum absolute atomic E-state index is 13.4. The Morgan fingerprint density at radius 3 is 2.66 bits per heavy atom. The number of rotatable bonds is 8. The molecule has 0 unspecified atom stereocenters. The molecule has 0 fully saturated rings. The molecule has 0 radical (unpaired) electrons. The highest BCUT2D eigenvalue weighted by Crippen LogP contribution is 2.16. The van der Waals surface area contributed by atoms with E-state index in [1.165, 1.54) is 29.5 Å². The minimum atomic E-state index is -0.639. The number of nitrogens with zero attached hydrogens (tertiary/aromatic N) is 1. The van der Waals surface area contributed by atoms with Crippen molar-refractivity contribution in [2.75, 3.05) is 11.9 Å². The normalized spacial score (nSPS) is 10.4. The van der Waals surface area contributed by atoms with Crippen molar-refractivity contribution in [3.63, 3.8) is 0 Å². The van der Waals surface area contributed by atoms with Gasteiger partial charge in [0.05, 0.1) is 12.1 Å². The van der Waals surface area contributed by atoms with Crippen molar-refractivity contribution in [2.24, 2.45) is 0 Å². The molecule has 29 heavy (non-hydrogen) atoms. The summed E-state index contributed by atoms with van der Waals surface area (Å²) in [7, 11) is 0. The Balaban J connectivity index is 1.42. The van der Waals surface area contributed by atoms with Crippen molar-refractivity contribution in [1.82, 2.24) is 4.98 Å². The van der Waals surface area contributed by atoms with E-state index in [4.69, 9.17) is 9.47 Å². The molecule has 1 N–H and O–H groups in total. The molecule has 0 saturated carbocycles. The maximum Gasteiger partial charge on any atom is 0.344 e. The molecule has 0 atom stereocenters. The average molecular weight is 414 g/mol. The second-order valence-electron chi connectivity index (χ2n) is 6.20. The number of halogens is 1. The van der Waals surface area contributed by atoms with Crippen molar-refractivity contribution >= 4 is 28.9 Å². The van der Waals surface area contributed by atoms with Crippen LogP contribution in [0.25, 0.3) is 0 Å². The summed E-state index contributed by atoms with van der Waals surface area (Å²) in [4.78, 5) is 28.2. The molecular formula is C21H19FN2O4S. The van der Waals surface area contributed by atoms with Crippen molar-refractivity contribution in [1.29, 1.82) is 0 Å². The molecule has 0 spiro atoms. The van der Waals surface area contributed by atoms with Crippen LogP contribution in [-0.2, 0) is 27.4 Å². The maximum atomic E-state index is 13.4. The summed E-state index contributed by atoms with van der Waals surface area (Å²) < 4.78 is 23.6. The molecule has 0 saturated heterocycles. The van der Waals surface area contributed by atoms with Gasteiger partial charge < -0.3 is 14.8 Å². The van der Waals surface area contributed by atoms with Crippen LogP contribution in [0.5, 0.6) is 5.75 Å². The zero-order valence-electron chi connectivity index (χ0n) is 15.7. The lowest BCUT2D eigenvalue weighted by Gasteiger charge is -2.06. The minimum absolute atomic E-state index is 0.0139. The van der Waals surface area contributed by atoms with Crippen molar-refractivity contribution in [3.05, 3.63) is 76.0 Å². The van der Waals surface area contributed by atoms with Crippen LogP contribution >= 0.6 is 11.3 Å². The van der Waals surface area contributed by atoms with Gasteiger partial charge in [0.2, 0.25) is 5.91 Å². The van der Waals surface area contributed by atoms with E-state index in [1.807, 2.05) is 31.2 Å². The van der Waals surface area contributed by atoms with Gasteiger partial charge in [-0.1, -0.05) is 29.8 Å². The Bertz CT molecular complexity index is 988. The minimum Gasteiger partial charge on any atom is -0.479 e. The largest absolute Gasteiger partial charge is 0.479 e. The molecule has 6 nitrogen and oxygen atoms in total. The first kappa shape index (κ1) is 20.5. The number of anilines is 1. The van der Waals surface area contributed by atoms with E-state index in [9.17, 15) is 14.0 Å². The van der Waals surface area contributed by atoms with E-state index in [2.05, 4.69) is 10.3 Å². The SMILES string of the molecule is Cc1ccc(NC(=O)Cc2nc(COC(=O)COc3ccccc3F)cs2)cc1. The van der Waals surface area contributed by atoms with E-state index in [1.54, 1.807) is 11.4 Å². The van der Waals surface area contributed by atoms with Crippen LogP contribution in [0.1, 0.15) is 16.3 Å². The molecule has 3 rings (SSSR count). The Labute approximate surface area is 171 Å². The van der Waals surface area contributed by atoms with Gasteiger partial charge in [-0.3, -0.25) is 4.79 Å². The van der Waals surface area contributed by atoms with E-state index in [-0.39, 0.29) is 24.7 Å². The molecule has 8 heteroatoms. The third kappa shape index (κ3) is 6.39. The lowest BCUT2D eigenvalue weighted by molar-refractivity contribution is -0.147. The van der Waals surface area contributed by atoms with Crippen molar-refractivity contribution in [2.45, 2.75) is 20.0 Å². The number of thiazole rings is 1. The van der Waals surface area contributed by atoms with E-state index >= 15 is 0 Å². The van der Waals surface area contributed by atoms with Crippen LogP contribution in [0, 0.1) is 12.7 Å². The van der Waals surface area contributed by atoms with E-state index in [0.29, 0.717) is 10.7 Å². The second-order valence-corrected chi connectivity index (χ2v) is 7.15. The smallest absolute Gasteiger partial charge is 0.344 e. The number of hydrogen-bond donors (Lipinski definition) is 1. The van der Waals surface area contributed by atoms with Crippen LogP contribution in [-0.4, -0.2) is 23.5 Å². The molecule has 1 heterocycles. The van der Waals surface area contributed by atoms with Crippen LogP contribution in [0.15, 0.2) is 53.9 Å². The average Bonchev–Trinajstić information content (AvgIpc) is 3.14. The number of amides is 1. The summed E-state index contributed by atoms with van der Waals surface area (Å²) in [6, 6.07) is 13.3. The quantitative estimate of drug-likeness (QED) is 0.566. The zero-order valence-corrected chi connectivity index (χ0v) is 16.5. The first-order valence-electron chi connectivity index (χ1n) is 8.82. The molecule has 0 aliphatic heterocycles. The van der Waals surface area contributed by atoms with Gasteiger partial charge >= 0.3 is 5.97 Å². The highest BCUT2D eigenvalue weighted by atomic mass is 32.1. The van der Waals surface area contributed by atoms with Gasteiger partial charge in [0, 0.05) is 11.1 Å². The van der Waals surface area contributed by atoms with Gasteiger partial charge in [0.1, 0.15) is 11.6 Å². The summed E-state index contributed by atoms with van der Waals surface area (Å²) in [5.74, 6) is -1.38. The zero-order chi connectivity index (χ0) is 20.6. The number of aryl methyl sites for hydroxylation is 1. The lowest BCUT2D eigenvalue weighted by Crippen LogP contribution is -2.15. The number of esters is 1. The van der Waals surface area contributed by atoms with Crippen molar-refractivity contribution in [3.8, 4) is 5.75 Å². The fourth-order valence-corrected chi connectivity index (χ4v) is 3.15. The highest BCUT2D eigenvalue weighted by molar-refractivity contribution is 7.09. The van der Waals surface area contributed by atoms with Crippen molar-refractivity contribution < 1.29 is 23.5 Å². The van der Waals surface area contributed by atoms with Gasteiger partial charge in [0.25, 0.3) is 0 Å². The molecule has 3 aromatic rings. The second kappa shape index (κ2) is 9.79. The third-order valence-electron chi connectivity index (χ3n) is 3.81. The fourth-order valence-electron chi connectivity index (χ4n) is 2.37. The first-order chi connectivity index (χ1) is 14.0. The Morgan fingerprint density at radius 2 is 1.90 bits per heavy atom. The Kier molecular flexibility index (Phi) is 6.91. The van der Waals surface area contributed by atoms with Gasteiger partial charge in [-0.2, -0.15) is 0 Å². The number of carbonyl (C=O) groups excluding carboxylic acids is 2. The first-order valence-corrected chi connectivity index (χ1v) is 9.70. The van der Waals surface area contributed by atoms with Crippen LogP contribution in [0.4, 0.5) is 10.1 Å². The monoisotopic (exact) mass is 414 g/mol. The van der Waals surface area contributed by atoms with Crippen LogP contribution in [0.2, 0.25) is 0 Å². The number of hydrogen-bond acceptors (Lipinski definition) is 6. The van der Waals surface area contributed by atoms with Gasteiger partial charge in [0.15, 0.2) is 18.2 Å². The van der Waals surface area contributed by atoms with E-state index < -0.39 is 18.4 Å². The van der Waals surface area contributed by atoms with E-state index in [0.717, 1.165) is 11.3 Å². The summed E-state index contributed by atoms with van der Waals surface area (Å²) >= 11 is 1.31. The predicted molar refractivity (Wildman–Crippen MR) is 107 cm³/mol. The summed E-state index contributed by atoms with van der Waals surface area (Å²) in [6.07, 6.45) is 0.128. The number of ether oxygens (including phenoxy) is 2. The topological polar surface area (TPSA) is 77.5 Å². The number of aromatic nitrogens is 1.